The lowest BCUT2D eigenvalue weighted by Gasteiger charge is -2.30. The van der Waals surface area contributed by atoms with Gasteiger partial charge in [-0.05, 0) is 43.5 Å². The SMILES string of the molecule is COC(=O)C1CCN(C(=O)COc2ccc(Cl)c(C)c2)CC1. The fraction of sp³-hybridized carbons (Fsp3) is 0.500. The van der Waals surface area contributed by atoms with Gasteiger partial charge in [-0.3, -0.25) is 9.59 Å². The summed E-state index contributed by atoms with van der Waals surface area (Å²) < 4.78 is 10.2. The fourth-order valence-electron chi connectivity index (χ4n) is 2.47. The largest absolute Gasteiger partial charge is 0.484 e. The molecule has 22 heavy (non-hydrogen) atoms. The zero-order valence-corrected chi connectivity index (χ0v) is 13.6. The molecule has 0 bridgehead atoms. The third-order valence-electron chi connectivity index (χ3n) is 3.87. The number of nitrogens with zero attached hydrogens (tertiary/aromatic N) is 1. The molecule has 1 saturated heterocycles. The summed E-state index contributed by atoms with van der Waals surface area (Å²) in [6, 6.07) is 5.30. The Morgan fingerprint density at radius 3 is 2.59 bits per heavy atom. The van der Waals surface area contributed by atoms with Crippen molar-refractivity contribution in [3.63, 3.8) is 0 Å². The van der Waals surface area contributed by atoms with E-state index in [0.29, 0.717) is 36.7 Å². The molecule has 1 amide bonds. The Morgan fingerprint density at radius 1 is 1.32 bits per heavy atom. The van der Waals surface area contributed by atoms with Gasteiger partial charge >= 0.3 is 5.97 Å². The van der Waals surface area contributed by atoms with Crippen molar-refractivity contribution in [1.29, 1.82) is 0 Å². The number of halogens is 1. The molecule has 1 aromatic rings. The van der Waals surface area contributed by atoms with E-state index >= 15 is 0 Å². The molecule has 1 aromatic carbocycles. The zero-order chi connectivity index (χ0) is 16.1. The summed E-state index contributed by atoms with van der Waals surface area (Å²) in [5, 5.41) is 0.670. The molecule has 2 rings (SSSR count). The lowest BCUT2D eigenvalue weighted by atomic mass is 9.97. The Hall–Kier alpha value is -1.75. The Morgan fingerprint density at radius 2 is 2.00 bits per heavy atom. The molecule has 1 aliphatic rings. The number of ether oxygens (including phenoxy) is 2. The second-order valence-corrected chi connectivity index (χ2v) is 5.79. The number of aryl methyl sites for hydroxylation is 1. The summed E-state index contributed by atoms with van der Waals surface area (Å²) in [6.45, 7) is 2.99. The van der Waals surface area contributed by atoms with Crippen LogP contribution in [0.1, 0.15) is 18.4 Å². The number of hydrogen-bond donors (Lipinski definition) is 0. The first kappa shape index (κ1) is 16.6. The Balaban J connectivity index is 1.81. The number of methoxy groups -OCH3 is 1. The highest BCUT2D eigenvalue weighted by Gasteiger charge is 2.27. The van der Waals surface area contributed by atoms with Crippen molar-refractivity contribution in [2.75, 3.05) is 26.8 Å². The predicted molar refractivity (Wildman–Crippen MR) is 83.0 cm³/mol. The number of esters is 1. The molecule has 0 N–H and O–H groups in total. The van der Waals surface area contributed by atoms with Crippen LogP contribution >= 0.6 is 11.6 Å². The van der Waals surface area contributed by atoms with Gasteiger partial charge in [0.25, 0.3) is 5.91 Å². The monoisotopic (exact) mass is 325 g/mol. The third kappa shape index (κ3) is 4.13. The second-order valence-electron chi connectivity index (χ2n) is 5.38. The van der Waals surface area contributed by atoms with Gasteiger partial charge in [0.2, 0.25) is 0 Å². The van der Waals surface area contributed by atoms with Crippen molar-refractivity contribution in [3.05, 3.63) is 28.8 Å². The minimum Gasteiger partial charge on any atom is -0.484 e. The molecule has 6 heteroatoms. The van der Waals surface area contributed by atoms with E-state index in [1.807, 2.05) is 6.92 Å². The van der Waals surface area contributed by atoms with Crippen molar-refractivity contribution >= 4 is 23.5 Å². The van der Waals surface area contributed by atoms with Gasteiger partial charge < -0.3 is 14.4 Å². The van der Waals surface area contributed by atoms with Crippen LogP contribution in [0.3, 0.4) is 0 Å². The molecule has 0 spiro atoms. The first-order valence-corrected chi connectivity index (χ1v) is 7.63. The molecule has 0 unspecified atom stereocenters. The molecule has 0 aliphatic carbocycles. The summed E-state index contributed by atoms with van der Waals surface area (Å²) in [5.41, 5.74) is 0.908. The highest BCUT2D eigenvalue weighted by atomic mass is 35.5. The van der Waals surface area contributed by atoms with Gasteiger partial charge in [0, 0.05) is 18.1 Å². The van der Waals surface area contributed by atoms with Gasteiger partial charge in [0.15, 0.2) is 6.61 Å². The molecular formula is C16H20ClNO4. The molecule has 0 atom stereocenters. The quantitative estimate of drug-likeness (QED) is 0.798. The van der Waals surface area contributed by atoms with Gasteiger partial charge in [0.1, 0.15) is 5.75 Å². The van der Waals surface area contributed by atoms with Crippen molar-refractivity contribution in [2.24, 2.45) is 5.92 Å². The lowest BCUT2D eigenvalue weighted by molar-refractivity contribution is -0.149. The summed E-state index contributed by atoms with van der Waals surface area (Å²) >= 11 is 5.95. The molecule has 0 aromatic heterocycles. The predicted octanol–water partition coefficient (Wildman–Crippen LogP) is 2.44. The van der Waals surface area contributed by atoms with Gasteiger partial charge in [0.05, 0.1) is 13.0 Å². The molecular weight excluding hydrogens is 306 g/mol. The lowest BCUT2D eigenvalue weighted by Crippen LogP contribution is -2.42. The van der Waals surface area contributed by atoms with E-state index in [2.05, 4.69) is 0 Å². The summed E-state index contributed by atoms with van der Waals surface area (Å²) in [5.74, 6) is 0.254. The standard InChI is InChI=1S/C16H20ClNO4/c1-11-9-13(3-4-14(11)17)22-10-15(19)18-7-5-12(6-8-18)16(20)21-2/h3-4,9,12H,5-8,10H2,1-2H3. The summed E-state index contributed by atoms with van der Waals surface area (Å²) in [7, 11) is 1.39. The number of benzene rings is 1. The number of likely N-dealkylation sites (tertiary alicyclic amines) is 1. The van der Waals surface area contributed by atoms with Gasteiger partial charge in [-0.2, -0.15) is 0 Å². The van der Waals surface area contributed by atoms with Gasteiger partial charge in [-0.15, -0.1) is 0 Å². The highest BCUT2D eigenvalue weighted by molar-refractivity contribution is 6.31. The van der Waals surface area contributed by atoms with Crippen LogP contribution in [0.15, 0.2) is 18.2 Å². The highest BCUT2D eigenvalue weighted by Crippen LogP contribution is 2.22. The Bertz CT molecular complexity index is 553. The number of piperidine rings is 1. The van der Waals surface area contributed by atoms with Crippen LogP contribution in [0.25, 0.3) is 0 Å². The maximum atomic E-state index is 12.1. The van der Waals surface area contributed by atoms with Crippen LogP contribution in [-0.4, -0.2) is 43.6 Å². The van der Waals surface area contributed by atoms with Crippen LogP contribution < -0.4 is 4.74 Å². The minimum absolute atomic E-state index is 0.00996. The maximum Gasteiger partial charge on any atom is 0.308 e. The van der Waals surface area contributed by atoms with Crippen molar-refractivity contribution < 1.29 is 19.1 Å². The van der Waals surface area contributed by atoms with E-state index in [-0.39, 0.29) is 24.4 Å². The molecule has 1 fully saturated rings. The molecule has 1 aliphatic heterocycles. The number of carbonyl (C=O) groups excluding carboxylic acids is 2. The Labute approximate surface area is 135 Å². The number of rotatable bonds is 4. The normalized spacial score (nSPS) is 15.5. The first-order valence-electron chi connectivity index (χ1n) is 7.26. The third-order valence-corrected chi connectivity index (χ3v) is 4.30. The van der Waals surface area contributed by atoms with Gasteiger partial charge in [-0.25, -0.2) is 0 Å². The van der Waals surface area contributed by atoms with Crippen LogP contribution in [0, 0.1) is 12.8 Å². The van der Waals surface area contributed by atoms with E-state index in [9.17, 15) is 9.59 Å². The number of amides is 1. The molecule has 120 valence electrons. The average Bonchev–Trinajstić information content (AvgIpc) is 2.55. The fourth-order valence-corrected chi connectivity index (χ4v) is 2.59. The van der Waals surface area contributed by atoms with Gasteiger partial charge in [-0.1, -0.05) is 11.6 Å². The van der Waals surface area contributed by atoms with E-state index in [4.69, 9.17) is 21.1 Å². The minimum atomic E-state index is -0.194. The Kier molecular flexibility index (Phi) is 5.66. The van der Waals surface area contributed by atoms with E-state index in [1.54, 1.807) is 23.1 Å². The maximum absolute atomic E-state index is 12.1. The van der Waals surface area contributed by atoms with E-state index in [0.717, 1.165) is 5.56 Å². The first-order chi connectivity index (χ1) is 10.5. The molecule has 0 saturated carbocycles. The smallest absolute Gasteiger partial charge is 0.308 e. The van der Waals surface area contributed by atoms with Crippen LogP contribution in [0.2, 0.25) is 5.02 Å². The van der Waals surface area contributed by atoms with E-state index < -0.39 is 0 Å². The topological polar surface area (TPSA) is 55.8 Å². The summed E-state index contributed by atoms with van der Waals surface area (Å²) in [4.78, 5) is 25.3. The zero-order valence-electron chi connectivity index (χ0n) is 12.8. The van der Waals surface area contributed by atoms with E-state index in [1.165, 1.54) is 7.11 Å². The van der Waals surface area contributed by atoms with Crippen LogP contribution in [0.4, 0.5) is 0 Å². The average molecular weight is 326 g/mol. The van der Waals surface area contributed by atoms with Crippen LogP contribution in [-0.2, 0) is 14.3 Å². The molecule has 1 heterocycles. The molecule has 0 radical (unpaired) electrons. The number of hydrogen-bond acceptors (Lipinski definition) is 4. The summed E-state index contributed by atoms with van der Waals surface area (Å²) in [6.07, 6.45) is 1.27. The molecule has 5 nitrogen and oxygen atoms in total. The van der Waals surface area contributed by atoms with Crippen molar-refractivity contribution in [2.45, 2.75) is 19.8 Å². The van der Waals surface area contributed by atoms with Crippen molar-refractivity contribution in [1.82, 2.24) is 4.90 Å². The van der Waals surface area contributed by atoms with Crippen molar-refractivity contribution in [3.8, 4) is 5.75 Å². The number of carbonyl (C=O) groups is 2. The van der Waals surface area contributed by atoms with Crippen LogP contribution in [0.5, 0.6) is 5.75 Å². The second kappa shape index (κ2) is 7.49.